The van der Waals surface area contributed by atoms with E-state index in [2.05, 4.69) is 20.0 Å². The number of pyridine rings is 1. The van der Waals surface area contributed by atoms with E-state index in [-0.39, 0.29) is 27.9 Å². The van der Waals surface area contributed by atoms with E-state index in [0.29, 0.717) is 29.2 Å². The van der Waals surface area contributed by atoms with Gasteiger partial charge in [-0.3, -0.25) is 9.78 Å². The molecule has 1 aromatic carbocycles. The van der Waals surface area contributed by atoms with E-state index in [9.17, 15) is 13.2 Å². The van der Waals surface area contributed by atoms with Crippen LogP contribution in [-0.2, 0) is 15.6 Å². The molecular formula is C26H30ClN5O4S. The highest BCUT2D eigenvalue weighted by atomic mass is 35.5. The van der Waals surface area contributed by atoms with Gasteiger partial charge in [0.05, 0.1) is 4.90 Å². The molecule has 196 valence electrons. The number of nitrogens with zero attached hydrogens (tertiary/aromatic N) is 5. The molecule has 3 aromatic rings. The lowest BCUT2D eigenvalue weighted by Crippen LogP contribution is -2.48. The third kappa shape index (κ3) is 5.36. The predicted octanol–water partition coefficient (Wildman–Crippen LogP) is 4.23. The second-order valence-corrected chi connectivity index (χ2v) is 12.5. The van der Waals surface area contributed by atoms with Crippen LogP contribution in [0.3, 0.4) is 0 Å². The molecule has 0 unspecified atom stereocenters. The minimum Gasteiger partial charge on any atom is -0.371 e. The van der Waals surface area contributed by atoms with E-state index < -0.39 is 15.6 Å². The zero-order chi connectivity index (χ0) is 26.2. The monoisotopic (exact) mass is 543 g/mol. The van der Waals surface area contributed by atoms with Crippen LogP contribution in [0.1, 0.15) is 53.3 Å². The van der Waals surface area contributed by atoms with E-state index in [0.717, 1.165) is 38.8 Å². The van der Waals surface area contributed by atoms with Gasteiger partial charge < -0.3 is 14.3 Å². The third-order valence-corrected chi connectivity index (χ3v) is 9.88. The van der Waals surface area contributed by atoms with Crippen molar-refractivity contribution in [1.82, 2.24) is 20.0 Å². The fourth-order valence-electron chi connectivity index (χ4n) is 5.35. The average molecular weight is 544 g/mol. The Kier molecular flexibility index (Phi) is 6.97. The van der Waals surface area contributed by atoms with Crippen molar-refractivity contribution in [2.24, 2.45) is 5.41 Å². The zero-order valence-electron chi connectivity index (χ0n) is 21.0. The number of amides is 1. The number of likely N-dealkylation sites (tertiary alicyclic amines) is 1. The van der Waals surface area contributed by atoms with E-state index in [4.69, 9.17) is 16.1 Å². The minimum atomic E-state index is -3.74. The molecule has 0 aliphatic carbocycles. The zero-order valence-corrected chi connectivity index (χ0v) is 22.6. The van der Waals surface area contributed by atoms with Crippen molar-refractivity contribution < 1.29 is 17.7 Å². The Morgan fingerprint density at radius 2 is 1.68 bits per heavy atom. The fourth-order valence-corrected chi connectivity index (χ4v) is 7.09. The van der Waals surface area contributed by atoms with Gasteiger partial charge in [0.25, 0.3) is 0 Å². The molecule has 9 nitrogen and oxygen atoms in total. The smallest absolute Gasteiger partial charge is 0.316 e. The van der Waals surface area contributed by atoms with Gasteiger partial charge in [-0.15, -0.1) is 0 Å². The number of piperidine rings is 2. The number of aromatic nitrogens is 3. The van der Waals surface area contributed by atoms with Gasteiger partial charge in [0.2, 0.25) is 0 Å². The summed E-state index contributed by atoms with van der Waals surface area (Å²) in [5.41, 5.74) is 2.65. The van der Waals surface area contributed by atoms with Crippen LogP contribution >= 0.6 is 11.6 Å². The van der Waals surface area contributed by atoms with Crippen LogP contribution in [0.2, 0.25) is 5.02 Å². The summed E-state index contributed by atoms with van der Waals surface area (Å²) in [6.45, 7) is 6.66. The van der Waals surface area contributed by atoms with E-state index in [1.54, 1.807) is 30.9 Å². The molecule has 2 aliphatic heterocycles. The molecule has 0 radical (unpaired) electrons. The maximum absolute atomic E-state index is 13.0. The maximum Gasteiger partial charge on any atom is 0.316 e. The fraction of sp³-hybridized carbons (Fsp3) is 0.462. The van der Waals surface area contributed by atoms with Crippen molar-refractivity contribution in [3.63, 3.8) is 0 Å². The first-order valence-electron chi connectivity index (χ1n) is 12.4. The van der Waals surface area contributed by atoms with Crippen LogP contribution in [0.4, 0.5) is 5.69 Å². The number of aryl methyl sites for hydroxylation is 2. The molecule has 0 atom stereocenters. The highest BCUT2D eigenvalue weighted by Crippen LogP contribution is 2.42. The van der Waals surface area contributed by atoms with Crippen LogP contribution in [0, 0.1) is 19.3 Å². The lowest BCUT2D eigenvalue weighted by molar-refractivity contribution is 0.0473. The average Bonchev–Trinajstić information content (AvgIpc) is 3.35. The minimum absolute atomic E-state index is 0.0349. The first-order chi connectivity index (χ1) is 17.7. The summed E-state index contributed by atoms with van der Waals surface area (Å²) in [6, 6.07) is 7.26. The number of carbonyl (C=O) groups is 1. The van der Waals surface area contributed by atoms with E-state index in [1.165, 1.54) is 5.69 Å². The molecule has 2 saturated heterocycles. The Balaban J connectivity index is 1.19. The van der Waals surface area contributed by atoms with Crippen molar-refractivity contribution in [1.29, 1.82) is 0 Å². The third-order valence-electron chi connectivity index (χ3n) is 7.72. The SMILES string of the molecule is Cc1cc(S(=O)(=O)Cc2noc(C(=O)N3CCC4(CC3)CCN(c3ccncc3)CC4)n2)c(C)cc1Cl. The first-order valence-corrected chi connectivity index (χ1v) is 14.5. The Bertz CT molecular complexity index is 1390. The number of carbonyl (C=O) groups excluding carboxylic acids is 1. The molecule has 2 fully saturated rings. The number of rotatable bonds is 5. The van der Waals surface area contributed by atoms with Gasteiger partial charge in [0.1, 0.15) is 5.75 Å². The normalized spacial score (nSPS) is 17.8. The molecule has 11 heteroatoms. The molecule has 1 spiro atoms. The molecule has 5 rings (SSSR count). The Morgan fingerprint density at radius 1 is 1.03 bits per heavy atom. The molecule has 1 amide bonds. The number of benzene rings is 1. The summed E-state index contributed by atoms with van der Waals surface area (Å²) in [5, 5.41) is 4.29. The van der Waals surface area contributed by atoms with Crippen LogP contribution in [0.15, 0.2) is 46.1 Å². The quantitative estimate of drug-likeness (QED) is 0.470. The second kappa shape index (κ2) is 10.1. The highest BCUT2D eigenvalue weighted by molar-refractivity contribution is 7.90. The lowest BCUT2D eigenvalue weighted by Gasteiger charge is -2.47. The van der Waals surface area contributed by atoms with Crippen LogP contribution in [0.25, 0.3) is 0 Å². The van der Waals surface area contributed by atoms with Gasteiger partial charge >= 0.3 is 11.8 Å². The van der Waals surface area contributed by atoms with Gasteiger partial charge in [0, 0.05) is 49.3 Å². The van der Waals surface area contributed by atoms with Crippen molar-refractivity contribution in [3.8, 4) is 0 Å². The molecular weight excluding hydrogens is 514 g/mol. The van der Waals surface area contributed by atoms with E-state index >= 15 is 0 Å². The standard InChI is InChI=1S/C26H30ClN5O4S/c1-18-16-22(19(2)15-21(18)27)37(34,35)17-23-29-24(36-30-23)25(33)32-13-7-26(8-14-32)5-11-31(12-6-26)20-3-9-28-10-4-20/h3-4,9-10,15-16H,5-8,11-14,17H2,1-2H3. The molecule has 37 heavy (non-hydrogen) atoms. The lowest BCUT2D eigenvalue weighted by atomic mass is 9.71. The second-order valence-electron chi connectivity index (χ2n) is 10.1. The van der Waals surface area contributed by atoms with Crippen LogP contribution in [-0.4, -0.2) is 60.5 Å². The van der Waals surface area contributed by atoms with E-state index in [1.807, 2.05) is 24.5 Å². The Hall–Kier alpha value is -2.98. The molecule has 0 bridgehead atoms. The largest absolute Gasteiger partial charge is 0.371 e. The summed E-state index contributed by atoms with van der Waals surface area (Å²) in [5.74, 6) is -1.01. The number of halogens is 1. The maximum atomic E-state index is 13.0. The number of sulfone groups is 1. The van der Waals surface area contributed by atoms with Gasteiger partial charge in [-0.1, -0.05) is 16.8 Å². The predicted molar refractivity (Wildman–Crippen MR) is 139 cm³/mol. The Labute approximate surface area is 221 Å². The highest BCUT2D eigenvalue weighted by Gasteiger charge is 2.39. The summed E-state index contributed by atoms with van der Waals surface area (Å²) >= 11 is 6.11. The van der Waals surface area contributed by atoms with Crippen molar-refractivity contribution >= 4 is 33.0 Å². The van der Waals surface area contributed by atoms with Gasteiger partial charge in [0.15, 0.2) is 15.7 Å². The number of hydrogen-bond donors (Lipinski definition) is 0. The topological polar surface area (TPSA) is 110 Å². The first kappa shape index (κ1) is 25.7. The van der Waals surface area contributed by atoms with Crippen LogP contribution < -0.4 is 4.90 Å². The van der Waals surface area contributed by atoms with Crippen LogP contribution in [0.5, 0.6) is 0 Å². The summed E-state index contributed by atoms with van der Waals surface area (Å²) < 4.78 is 31.2. The summed E-state index contributed by atoms with van der Waals surface area (Å²) in [6.07, 6.45) is 7.66. The number of hydrogen-bond acceptors (Lipinski definition) is 8. The van der Waals surface area contributed by atoms with Gasteiger partial charge in [-0.25, -0.2) is 8.42 Å². The van der Waals surface area contributed by atoms with Gasteiger partial charge in [-0.05, 0) is 80.3 Å². The Morgan fingerprint density at radius 3 is 2.35 bits per heavy atom. The van der Waals surface area contributed by atoms with Gasteiger partial charge in [-0.2, -0.15) is 4.98 Å². The molecule has 2 aromatic heterocycles. The number of anilines is 1. The summed E-state index contributed by atoms with van der Waals surface area (Å²) in [7, 11) is -3.74. The summed E-state index contributed by atoms with van der Waals surface area (Å²) in [4.78, 5) is 25.6. The molecule has 0 N–H and O–H groups in total. The van der Waals surface area contributed by atoms with Crippen molar-refractivity contribution in [3.05, 3.63) is 64.5 Å². The van der Waals surface area contributed by atoms with Crippen molar-refractivity contribution in [2.45, 2.75) is 50.2 Å². The molecule has 2 aliphatic rings. The molecule has 4 heterocycles. The molecule has 0 saturated carbocycles. The van der Waals surface area contributed by atoms with Crippen molar-refractivity contribution in [2.75, 3.05) is 31.1 Å².